The SMILES string of the molecule is COc1ccc(C(=O)/C=C\Nc2ccc(/C=C\c3cc(OC)c(OC)c(OC)c3)cc2)cc1Cl. The molecular formula is C27H26ClNO5. The molecule has 0 fully saturated rings. The molecule has 3 rings (SSSR count). The summed E-state index contributed by atoms with van der Waals surface area (Å²) in [7, 11) is 6.28. The van der Waals surface area contributed by atoms with Gasteiger partial charge in [-0.05, 0) is 53.6 Å². The average molecular weight is 480 g/mol. The van der Waals surface area contributed by atoms with Gasteiger partial charge in [-0.2, -0.15) is 0 Å². The van der Waals surface area contributed by atoms with Crippen LogP contribution in [-0.2, 0) is 0 Å². The number of halogens is 1. The molecule has 0 amide bonds. The molecule has 0 aliphatic carbocycles. The van der Waals surface area contributed by atoms with Crippen LogP contribution in [0.2, 0.25) is 5.02 Å². The molecule has 0 aliphatic heterocycles. The van der Waals surface area contributed by atoms with E-state index in [-0.39, 0.29) is 5.78 Å². The van der Waals surface area contributed by atoms with E-state index in [9.17, 15) is 4.79 Å². The van der Waals surface area contributed by atoms with Gasteiger partial charge in [0.15, 0.2) is 17.3 Å². The van der Waals surface area contributed by atoms with Crippen LogP contribution in [0.15, 0.2) is 66.9 Å². The van der Waals surface area contributed by atoms with E-state index in [1.807, 2.05) is 48.6 Å². The van der Waals surface area contributed by atoms with E-state index in [0.29, 0.717) is 33.6 Å². The largest absolute Gasteiger partial charge is 0.495 e. The molecule has 0 heterocycles. The molecule has 176 valence electrons. The van der Waals surface area contributed by atoms with E-state index in [1.54, 1.807) is 45.7 Å². The minimum atomic E-state index is -0.165. The Labute approximate surface area is 204 Å². The number of benzene rings is 3. The Morgan fingerprint density at radius 1 is 0.765 bits per heavy atom. The Hall–Kier alpha value is -3.90. The number of anilines is 1. The number of hydrogen-bond acceptors (Lipinski definition) is 6. The lowest BCUT2D eigenvalue weighted by Crippen LogP contribution is -1.97. The van der Waals surface area contributed by atoms with Crippen molar-refractivity contribution >= 4 is 35.2 Å². The van der Waals surface area contributed by atoms with Crippen molar-refractivity contribution in [1.82, 2.24) is 0 Å². The number of carbonyl (C=O) groups excluding carboxylic acids is 1. The first-order chi connectivity index (χ1) is 16.5. The second-order valence-corrected chi connectivity index (χ2v) is 7.51. The number of nitrogens with one attached hydrogen (secondary N) is 1. The smallest absolute Gasteiger partial charge is 0.203 e. The minimum absolute atomic E-state index is 0.165. The van der Waals surface area contributed by atoms with Crippen LogP contribution in [0.5, 0.6) is 23.0 Å². The monoisotopic (exact) mass is 479 g/mol. The van der Waals surface area contributed by atoms with Crippen molar-refractivity contribution in [2.24, 2.45) is 0 Å². The Balaban J connectivity index is 1.63. The van der Waals surface area contributed by atoms with Crippen LogP contribution in [0.3, 0.4) is 0 Å². The molecule has 0 radical (unpaired) electrons. The first-order valence-corrected chi connectivity index (χ1v) is 10.8. The van der Waals surface area contributed by atoms with Crippen molar-refractivity contribution in [2.45, 2.75) is 0 Å². The second-order valence-electron chi connectivity index (χ2n) is 7.11. The van der Waals surface area contributed by atoms with Gasteiger partial charge in [0.25, 0.3) is 0 Å². The lowest BCUT2D eigenvalue weighted by atomic mass is 10.1. The molecule has 0 unspecified atom stereocenters. The fourth-order valence-electron chi connectivity index (χ4n) is 3.21. The molecule has 0 atom stereocenters. The summed E-state index contributed by atoms with van der Waals surface area (Å²) >= 11 is 6.09. The van der Waals surface area contributed by atoms with Gasteiger partial charge >= 0.3 is 0 Å². The van der Waals surface area contributed by atoms with E-state index >= 15 is 0 Å². The zero-order valence-corrected chi connectivity index (χ0v) is 20.2. The van der Waals surface area contributed by atoms with Crippen molar-refractivity contribution < 1.29 is 23.7 Å². The van der Waals surface area contributed by atoms with Crippen LogP contribution in [0.4, 0.5) is 5.69 Å². The topological polar surface area (TPSA) is 66.0 Å². The lowest BCUT2D eigenvalue weighted by molar-refractivity contribution is 0.104. The van der Waals surface area contributed by atoms with Crippen molar-refractivity contribution in [2.75, 3.05) is 33.8 Å². The van der Waals surface area contributed by atoms with Crippen LogP contribution in [0.25, 0.3) is 12.2 Å². The van der Waals surface area contributed by atoms with Crippen molar-refractivity contribution in [1.29, 1.82) is 0 Å². The molecule has 3 aromatic carbocycles. The molecule has 1 N–H and O–H groups in total. The maximum atomic E-state index is 12.3. The number of rotatable bonds is 10. The standard InChI is InChI=1S/C27H26ClNO5/c1-31-24-12-9-20(17-22(24)28)23(30)13-14-29-21-10-7-18(8-11-21)5-6-19-15-25(32-2)27(34-4)26(16-19)33-3/h5-17,29H,1-4H3/b6-5-,14-13-. The van der Waals surface area contributed by atoms with E-state index in [4.69, 9.17) is 30.5 Å². The number of methoxy groups -OCH3 is 4. The second kappa shape index (κ2) is 11.8. The quantitative estimate of drug-likeness (QED) is 0.207. The van der Waals surface area contributed by atoms with Crippen molar-refractivity contribution in [3.63, 3.8) is 0 Å². The Bertz CT molecular complexity index is 1180. The lowest BCUT2D eigenvalue weighted by Gasteiger charge is -2.12. The Morgan fingerprint density at radius 3 is 1.94 bits per heavy atom. The molecule has 6 nitrogen and oxygen atoms in total. The molecule has 34 heavy (non-hydrogen) atoms. The Morgan fingerprint density at radius 2 is 1.38 bits per heavy atom. The molecule has 0 bridgehead atoms. The van der Waals surface area contributed by atoms with Crippen molar-refractivity contribution in [3.8, 4) is 23.0 Å². The predicted molar refractivity (Wildman–Crippen MR) is 137 cm³/mol. The van der Waals surface area contributed by atoms with Gasteiger partial charge in [-0.3, -0.25) is 4.79 Å². The first-order valence-electron chi connectivity index (χ1n) is 10.4. The van der Waals surface area contributed by atoms with Crippen LogP contribution in [0.1, 0.15) is 21.5 Å². The molecule has 0 spiro atoms. The highest BCUT2D eigenvalue weighted by atomic mass is 35.5. The molecule has 0 aliphatic rings. The third kappa shape index (κ3) is 6.11. The normalized spacial score (nSPS) is 11.0. The highest BCUT2D eigenvalue weighted by Crippen LogP contribution is 2.38. The molecule has 7 heteroatoms. The molecule has 0 saturated carbocycles. The van der Waals surface area contributed by atoms with Gasteiger partial charge in [-0.25, -0.2) is 0 Å². The van der Waals surface area contributed by atoms with E-state index < -0.39 is 0 Å². The third-order valence-electron chi connectivity index (χ3n) is 4.99. The summed E-state index contributed by atoms with van der Waals surface area (Å²) in [5.41, 5.74) is 3.25. The summed E-state index contributed by atoms with van der Waals surface area (Å²) in [5, 5.41) is 3.49. The van der Waals surface area contributed by atoms with Crippen molar-refractivity contribution in [3.05, 3.63) is 88.6 Å². The maximum absolute atomic E-state index is 12.3. The predicted octanol–water partition coefficient (Wildman–Crippen LogP) is 6.35. The number of allylic oxidation sites excluding steroid dienone is 1. The fourth-order valence-corrected chi connectivity index (χ4v) is 3.47. The molecule has 3 aromatic rings. The summed E-state index contributed by atoms with van der Waals surface area (Å²) in [4.78, 5) is 12.3. The number of carbonyl (C=O) groups is 1. The van der Waals surface area contributed by atoms with Gasteiger partial charge in [0.2, 0.25) is 5.75 Å². The summed E-state index contributed by atoms with van der Waals surface area (Å²) in [5.74, 6) is 2.11. The fraction of sp³-hybridized carbons (Fsp3) is 0.148. The van der Waals surface area contributed by atoms with Gasteiger partial charge < -0.3 is 24.3 Å². The highest BCUT2D eigenvalue weighted by molar-refractivity contribution is 6.32. The van der Waals surface area contributed by atoms with Gasteiger partial charge in [0, 0.05) is 23.5 Å². The zero-order chi connectivity index (χ0) is 24.5. The highest BCUT2D eigenvalue weighted by Gasteiger charge is 2.12. The maximum Gasteiger partial charge on any atom is 0.203 e. The van der Waals surface area contributed by atoms with Gasteiger partial charge in [0.1, 0.15) is 5.75 Å². The first kappa shape index (κ1) is 24.7. The van der Waals surface area contributed by atoms with Crippen LogP contribution < -0.4 is 24.3 Å². The zero-order valence-electron chi connectivity index (χ0n) is 19.4. The van der Waals surface area contributed by atoms with Gasteiger partial charge in [-0.1, -0.05) is 35.9 Å². The number of hydrogen-bond donors (Lipinski definition) is 1. The Kier molecular flexibility index (Phi) is 8.60. The number of ether oxygens (including phenoxy) is 4. The molecular weight excluding hydrogens is 454 g/mol. The minimum Gasteiger partial charge on any atom is -0.495 e. The average Bonchev–Trinajstić information content (AvgIpc) is 2.87. The summed E-state index contributed by atoms with van der Waals surface area (Å²) in [6, 6.07) is 16.5. The molecule has 0 saturated heterocycles. The van der Waals surface area contributed by atoms with Gasteiger partial charge in [0.05, 0.1) is 33.5 Å². The van der Waals surface area contributed by atoms with Crippen LogP contribution >= 0.6 is 11.6 Å². The summed E-state index contributed by atoms with van der Waals surface area (Å²) in [6.07, 6.45) is 7.00. The van der Waals surface area contributed by atoms with Crippen LogP contribution in [0, 0.1) is 0 Å². The van der Waals surface area contributed by atoms with Gasteiger partial charge in [-0.15, -0.1) is 0 Å². The number of ketones is 1. The summed E-state index contributed by atoms with van der Waals surface area (Å²) < 4.78 is 21.3. The third-order valence-corrected chi connectivity index (χ3v) is 5.28. The van der Waals surface area contributed by atoms with Crippen LogP contribution in [-0.4, -0.2) is 34.2 Å². The molecule has 0 aromatic heterocycles. The summed E-state index contributed by atoms with van der Waals surface area (Å²) in [6.45, 7) is 0. The van der Waals surface area contributed by atoms with E-state index in [1.165, 1.54) is 13.2 Å². The van der Waals surface area contributed by atoms with E-state index in [0.717, 1.165) is 16.8 Å². The van der Waals surface area contributed by atoms with E-state index in [2.05, 4.69) is 5.32 Å².